The standard InChI is InChI=1S/C22H40O5/c1-3-5-11-17(23)12-10-14-19-18(20(24)16-21(19)25)13-8-6-7-9-15-22(26)27-4-2/h17-19,21,23,25H,3-16H2,1-2H3/t17?,18-,19-,21-/m1/s1. The summed E-state index contributed by atoms with van der Waals surface area (Å²) in [6, 6.07) is 0. The van der Waals surface area contributed by atoms with Crippen molar-refractivity contribution in [3.05, 3.63) is 0 Å². The maximum atomic E-state index is 12.2. The van der Waals surface area contributed by atoms with Crippen LogP contribution in [0.4, 0.5) is 0 Å². The second-order valence-electron chi connectivity index (χ2n) is 7.99. The lowest BCUT2D eigenvalue weighted by Crippen LogP contribution is -2.21. The van der Waals surface area contributed by atoms with Gasteiger partial charge in [-0.1, -0.05) is 45.4 Å². The Balaban J connectivity index is 2.24. The predicted octanol–water partition coefficient (Wildman–Crippen LogP) is 4.18. The van der Waals surface area contributed by atoms with E-state index in [2.05, 4.69) is 6.92 Å². The quantitative estimate of drug-likeness (QED) is 0.327. The lowest BCUT2D eigenvalue weighted by atomic mass is 9.85. The summed E-state index contributed by atoms with van der Waals surface area (Å²) in [6.07, 6.45) is 10.0. The van der Waals surface area contributed by atoms with E-state index in [9.17, 15) is 19.8 Å². The van der Waals surface area contributed by atoms with Gasteiger partial charge in [0.1, 0.15) is 5.78 Å². The number of hydrogen-bond donors (Lipinski definition) is 2. The van der Waals surface area contributed by atoms with Crippen molar-refractivity contribution < 1.29 is 24.5 Å². The zero-order chi connectivity index (χ0) is 20.1. The van der Waals surface area contributed by atoms with Crippen LogP contribution in [0.25, 0.3) is 0 Å². The average Bonchev–Trinajstić information content (AvgIpc) is 2.89. The smallest absolute Gasteiger partial charge is 0.305 e. The molecular weight excluding hydrogens is 344 g/mol. The van der Waals surface area contributed by atoms with E-state index < -0.39 is 6.10 Å². The molecule has 5 heteroatoms. The van der Waals surface area contributed by atoms with E-state index in [1.807, 2.05) is 6.92 Å². The Morgan fingerprint density at radius 3 is 2.48 bits per heavy atom. The van der Waals surface area contributed by atoms with Crippen LogP contribution in [0.15, 0.2) is 0 Å². The first kappa shape index (κ1) is 24.1. The van der Waals surface area contributed by atoms with Gasteiger partial charge in [-0.3, -0.25) is 9.59 Å². The van der Waals surface area contributed by atoms with Crippen molar-refractivity contribution in [1.29, 1.82) is 0 Å². The van der Waals surface area contributed by atoms with Crippen molar-refractivity contribution in [3.63, 3.8) is 0 Å². The number of rotatable bonds is 15. The van der Waals surface area contributed by atoms with Gasteiger partial charge in [-0.2, -0.15) is 0 Å². The number of esters is 1. The second kappa shape index (κ2) is 14.1. The molecule has 1 fully saturated rings. The summed E-state index contributed by atoms with van der Waals surface area (Å²) in [4.78, 5) is 23.5. The minimum Gasteiger partial charge on any atom is -0.466 e. The molecule has 1 aliphatic rings. The number of carbonyl (C=O) groups excluding carboxylic acids is 2. The molecule has 1 aliphatic carbocycles. The maximum absolute atomic E-state index is 12.2. The van der Waals surface area contributed by atoms with Crippen molar-refractivity contribution in [2.75, 3.05) is 6.61 Å². The van der Waals surface area contributed by atoms with Crippen LogP contribution in [0.3, 0.4) is 0 Å². The van der Waals surface area contributed by atoms with Gasteiger partial charge < -0.3 is 14.9 Å². The van der Waals surface area contributed by atoms with Crippen LogP contribution in [0.5, 0.6) is 0 Å². The number of ketones is 1. The van der Waals surface area contributed by atoms with Gasteiger partial charge in [0, 0.05) is 18.8 Å². The molecule has 0 saturated heterocycles. The van der Waals surface area contributed by atoms with E-state index in [1.165, 1.54) is 0 Å². The molecule has 0 amide bonds. The zero-order valence-corrected chi connectivity index (χ0v) is 17.3. The van der Waals surface area contributed by atoms with Crippen molar-refractivity contribution in [1.82, 2.24) is 0 Å². The predicted molar refractivity (Wildman–Crippen MR) is 106 cm³/mol. The molecule has 1 unspecified atom stereocenters. The van der Waals surface area contributed by atoms with Gasteiger partial charge in [-0.05, 0) is 44.9 Å². The molecule has 0 aromatic rings. The van der Waals surface area contributed by atoms with Gasteiger partial charge in [-0.25, -0.2) is 0 Å². The average molecular weight is 385 g/mol. The molecule has 0 aromatic heterocycles. The zero-order valence-electron chi connectivity index (χ0n) is 17.3. The minimum absolute atomic E-state index is 0.0298. The van der Waals surface area contributed by atoms with Crippen LogP contribution in [0.2, 0.25) is 0 Å². The number of aliphatic hydroxyl groups is 2. The minimum atomic E-state index is -0.515. The Bertz CT molecular complexity index is 423. The molecule has 158 valence electrons. The summed E-state index contributed by atoms with van der Waals surface area (Å²) >= 11 is 0. The van der Waals surface area contributed by atoms with Gasteiger partial charge in [0.15, 0.2) is 0 Å². The second-order valence-corrected chi connectivity index (χ2v) is 7.99. The first-order chi connectivity index (χ1) is 13.0. The lowest BCUT2D eigenvalue weighted by Gasteiger charge is -2.21. The van der Waals surface area contributed by atoms with E-state index in [4.69, 9.17) is 4.74 Å². The summed E-state index contributed by atoms with van der Waals surface area (Å²) in [6.45, 7) is 4.36. The highest BCUT2D eigenvalue weighted by atomic mass is 16.5. The van der Waals surface area contributed by atoms with E-state index in [0.717, 1.165) is 70.6 Å². The van der Waals surface area contributed by atoms with Crippen molar-refractivity contribution in [2.45, 2.75) is 110 Å². The van der Waals surface area contributed by atoms with Crippen LogP contribution in [-0.2, 0) is 14.3 Å². The largest absolute Gasteiger partial charge is 0.466 e. The highest BCUT2D eigenvalue weighted by molar-refractivity contribution is 5.84. The number of Topliss-reactive ketones (excluding diaryl/α,β-unsaturated/α-hetero) is 1. The van der Waals surface area contributed by atoms with E-state index >= 15 is 0 Å². The van der Waals surface area contributed by atoms with E-state index in [0.29, 0.717) is 13.0 Å². The molecule has 0 heterocycles. The van der Waals surface area contributed by atoms with Crippen molar-refractivity contribution in [2.24, 2.45) is 11.8 Å². The fraction of sp³-hybridized carbons (Fsp3) is 0.909. The van der Waals surface area contributed by atoms with Gasteiger partial charge in [-0.15, -0.1) is 0 Å². The third kappa shape index (κ3) is 9.70. The highest BCUT2D eigenvalue weighted by Crippen LogP contribution is 2.36. The van der Waals surface area contributed by atoms with Crippen LogP contribution < -0.4 is 0 Å². The van der Waals surface area contributed by atoms with E-state index in [-0.39, 0.29) is 36.1 Å². The molecule has 4 atom stereocenters. The molecule has 0 spiro atoms. The maximum Gasteiger partial charge on any atom is 0.305 e. The molecular formula is C22H40O5. The molecule has 0 aliphatic heterocycles. The Hall–Kier alpha value is -0.940. The van der Waals surface area contributed by atoms with Gasteiger partial charge in [0.2, 0.25) is 0 Å². The Morgan fingerprint density at radius 1 is 1.07 bits per heavy atom. The van der Waals surface area contributed by atoms with Crippen molar-refractivity contribution >= 4 is 11.8 Å². The number of hydrogen-bond acceptors (Lipinski definition) is 5. The van der Waals surface area contributed by atoms with Gasteiger partial charge in [0.25, 0.3) is 0 Å². The summed E-state index contributed by atoms with van der Waals surface area (Å²) in [5.41, 5.74) is 0. The monoisotopic (exact) mass is 384 g/mol. The summed E-state index contributed by atoms with van der Waals surface area (Å²) in [7, 11) is 0. The van der Waals surface area contributed by atoms with Gasteiger partial charge >= 0.3 is 5.97 Å². The molecule has 5 nitrogen and oxygen atoms in total. The molecule has 1 rings (SSSR count). The summed E-state index contributed by atoms with van der Waals surface area (Å²) < 4.78 is 4.92. The molecule has 0 bridgehead atoms. The Morgan fingerprint density at radius 2 is 1.78 bits per heavy atom. The molecule has 27 heavy (non-hydrogen) atoms. The fourth-order valence-corrected chi connectivity index (χ4v) is 4.18. The fourth-order valence-electron chi connectivity index (χ4n) is 4.18. The summed E-state index contributed by atoms with van der Waals surface area (Å²) in [5, 5.41) is 20.2. The molecule has 2 N–H and O–H groups in total. The third-order valence-corrected chi connectivity index (χ3v) is 5.75. The topological polar surface area (TPSA) is 83.8 Å². The normalized spacial score (nSPS) is 23.6. The molecule has 0 aromatic carbocycles. The first-order valence-electron chi connectivity index (χ1n) is 11.0. The van der Waals surface area contributed by atoms with Crippen LogP contribution in [-0.4, -0.2) is 40.8 Å². The highest BCUT2D eigenvalue weighted by Gasteiger charge is 2.40. The van der Waals surface area contributed by atoms with Crippen LogP contribution in [0.1, 0.15) is 97.3 Å². The van der Waals surface area contributed by atoms with Crippen molar-refractivity contribution in [3.8, 4) is 0 Å². The SMILES string of the molecule is CCCCC(O)CCC[C@H]1[C@H](O)CC(=O)[C@@H]1CCCCCCC(=O)OCC. The lowest BCUT2D eigenvalue weighted by molar-refractivity contribution is -0.143. The van der Waals surface area contributed by atoms with Crippen LogP contribution in [0, 0.1) is 11.8 Å². The number of carbonyl (C=O) groups is 2. The number of ether oxygens (including phenoxy) is 1. The molecule has 1 saturated carbocycles. The Kier molecular flexibility index (Phi) is 12.6. The van der Waals surface area contributed by atoms with Crippen LogP contribution >= 0.6 is 0 Å². The molecule has 0 radical (unpaired) electrons. The third-order valence-electron chi connectivity index (χ3n) is 5.75. The number of aliphatic hydroxyl groups excluding tert-OH is 2. The first-order valence-corrected chi connectivity index (χ1v) is 11.0. The van der Waals surface area contributed by atoms with E-state index in [1.54, 1.807) is 0 Å². The number of unbranched alkanes of at least 4 members (excludes halogenated alkanes) is 4. The Labute approximate surface area is 164 Å². The summed E-state index contributed by atoms with van der Waals surface area (Å²) in [5.74, 6) is 0.0894. The van der Waals surface area contributed by atoms with Gasteiger partial charge in [0.05, 0.1) is 18.8 Å².